The Morgan fingerprint density at radius 3 is 2.31 bits per heavy atom. The largest absolute Gasteiger partial charge is 0.322 e. The minimum atomic E-state index is -3.58. The highest BCUT2D eigenvalue weighted by Gasteiger charge is 2.08. The molecule has 3 aromatic rings. The van der Waals surface area contributed by atoms with E-state index in [4.69, 9.17) is 5.14 Å². The summed E-state index contributed by atoms with van der Waals surface area (Å²) >= 11 is 0. The molecule has 1 amide bonds. The SMILES string of the molecule is Cc1cnn(-c2ccc(C(=O)Nc3ccc(CS(N)(=O)=O)cc3)cc2)c1. The monoisotopic (exact) mass is 370 g/mol. The van der Waals surface area contributed by atoms with Gasteiger partial charge in [-0.2, -0.15) is 5.10 Å². The first-order chi connectivity index (χ1) is 12.3. The summed E-state index contributed by atoms with van der Waals surface area (Å²) in [6, 6.07) is 13.6. The Balaban J connectivity index is 1.68. The maximum atomic E-state index is 12.3. The Morgan fingerprint density at radius 2 is 1.77 bits per heavy atom. The number of carbonyl (C=O) groups is 1. The summed E-state index contributed by atoms with van der Waals surface area (Å²) in [7, 11) is -3.58. The molecular formula is C18H18N4O3S. The van der Waals surface area contributed by atoms with Crippen LogP contribution in [-0.4, -0.2) is 24.1 Å². The zero-order valence-electron chi connectivity index (χ0n) is 14.1. The van der Waals surface area contributed by atoms with Crippen molar-refractivity contribution in [2.24, 2.45) is 5.14 Å². The molecule has 2 aromatic carbocycles. The zero-order chi connectivity index (χ0) is 18.7. The molecule has 0 unspecified atom stereocenters. The number of carbonyl (C=O) groups excluding carboxylic acids is 1. The number of primary sulfonamides is 1. The second-order valence-corrected chi connectivity index (χ2v) is 7.58. The highest BCUT2D eigenvalue weighted by Crippen LogP contribution is 2.14. The third kappa shape index (κ3) is 4.56. The number of amides is 1. The fourth-order valence-corrected chi connectivity index (χ4v) is 3.10. The van der Waals surface area contributed by atoms with E-state index in [-0.39, 0.29) is 11.7 Å². The molecule has 0 radical (unpaired) electrons. The lowest BCUT2D eigenvalue weighted by Crippen LogP contribution is -2.15. The smallest absolute Gasteiger partial charge is 0.255 e. The van der Waals surface area contributed by atoms with Crippen molar-refractivity contribution in [1.29, 1.82) is 0 Å². The molecule has 0 bridgehead atoms. The lowest BCUT2D eigenvalue weighted by Gasteiger charge is -2.07. The number of aryl methyl sites for hydroxylation is 1. The number of hydrogen-bond acceptors (Lipinski definition) is 4. The van der Waals surface area contributed by atoms with Gasteiger partial charge in [0.05, 0.1) is 17.6 Å². The summed E-state index contributed by atoms with van der Waals surface area (Å²) in [5, 5.41) is 12.0. The van der Waals surface area contributed by atoms with Crippen molar-refractivity contribution < 1.29 is 13.2 Å². The maximum absolute atomic E-state index is 12.3. The molecule has 0 aliphatic rings. The molecule has 0 saturated carbocycles. The van der Waals surface area contributed by atoms with E-state index in [0.717, 1.165) is 11.3 Å². The average Bonchev–Trinajstić information content (AvgIpc) is 3.02. The highest BCUT2D eigenvalue weighted by molar-refractivity contribution is 7.88. The van der Waals surface area contributed by atoms with Gasteiger partial charge >= 0.3 is 0 Å². The van der Waals surface area contributed by atoms with Crippen LogP contribution in [0.2, 0.25) is 0 Å². The van der Waals surface area contributed by atoms with Gasteiger partial charge in [0, 0.05) is 17.4 Å². The Bertz CT molecular complexity index is 1020. The summed E-state index contributed by atoms with van der Waals surface area (Å²) in [5.41, 5.74) is 3.55. The number of sulfonamides is 1. The van der Waals surface area contributed by atoms with E-state index in [1.807, 2.05) is 25.3 Å². The van der Waals surface area contributed by atoms with E-state index >= 15 is 0 Å². The summed E-state index contributed by atoms with van der Waals surface area (Å²) in [5.74, 6) is -0.498. The van der Waals surface area contributed by atoms with Gasteiger partial charge in [-0.15, -0.1) is 0 Å². The first-order valence-electron chi connectivity index (χ1n) is 7.83. The number of nitrogens with two attached hydrogens (primary N) is 1. The van der Waals surface area contributed by atoms with Crippen molar-refractivity contribution in [3.63, 3.8) is 0 Å². The molecule has 3 N–H and O–H groups in total. The number of nitrogens with one attached hydrogen (secondary N) is 1. The van der Waals surface area contributed by atoms with Gasteiger partial charge in [-0.25, -0.2) is 18.2 Å². The minimum absolute atomic E-state index is 0.240. The van der Waals surface area contributed by atoms with Gasteiger partial charge in [-0.05, 0) is 54.4 Å². The van der Waals surface area contributed by atoms with E-state index < -0.39 is 10.0 Å². The predicted octanol–water partition coefficient (Wildman–Crippen LogP) is 2.22. The van der Waals surface area contributed by atoms with Crippen molar-refractivity contribution in [2.75, 3.05) is 5.32 Å². The molecule has 0 saturated heterocycles. The Morgan fingerprint density at radius 1 is 1.12 bits per heavy atom. The highest BCUT2D eigenvalue weighted by atomic mass is 32.2. The van der Waals surface area contributed by atoms with Gasteiger partial charge in [0.25, 0.3) is 5.91 Å². The third-order valence-electron chi connectivity index (χ3n) is 3.69. The van der Waals surface area contributed by atoms with Crippen LogP contribution in [0.15, 0.2) is 60.9 Å². The molecule has 0 fully saturated rings. The Labute approximate surface area is 151 Å². The van der Waals surface area contributed by atoms with E-state index in [0.29, 0.717) is 16.8 Å². The van der Waals surface area contributed by atoms with Gasteiger partial charge in [-0.3, -0.25) is 4.79 Å². The molecule has 0 aliphatic heterocycles. The van der Waals surface area contributed by atoms with Crippen molar-refractivity contribution in [3.8, 4) is 5.69 Å². The molecule has 7 nitrogen and oxygen atoms in total. The summed E-state index contributed by atoms with van der Waals surface area (Å²) in [4.78, 5) is 12.3. The van der Waals surface area contributed by atoms with E-state index in [2.05, 4.69) is 10.4 Å². The second-order valence-electron chi connectivity index (χ2n) is 5.97. The average molecular weight is 370 g/mol. The Hall–Kier alpha value is -2.97. The topological polar surface area (TPSA) is 107 Å². The summed E-state index contributed by atoms with van der Waals surface area (Å²) in [6.07, 6.45) is 3.67. The maximum Gasteiger partial charge on any atom is 0.255 e. The van der Waals surface area contributed by atoms with Crippen molar-refractivity contribution in [1.82, 2.24) is 9.78 Å². The first-order valence-corrected chi connectivity index (χ1v) is 9.54. The normalized spacial score (nSPS) is 11.3. The molecule has 3 rings (SSSR count). The first kappa shape index (κ1) is 17.8. The van der Waals surface area contributed by atoms with Crippen LogP contribution in [0.3, 0.4) is 0 Å². The molecule has 0 atom stereocenters. The lowest BCUT2D eigenvalue weighted by molar-refractivity contribution is 0.102. The molecule has 1 aromatic heterocycles. The van der Waals surface area contributed by atoms with Crippen molar-refractivity contribution >= 4 is 21.6 Å². The van der Waals surface area contributed by atoms with Crippen LogP contribution in [-0.2, 0) is 15.8 Å². The second kappa shape index (κ2) is 7.11. The summed E-state index contributed by atoms with van der Waals surface area (Å²) < 4.78 is 23.9. The zero-order valence-corrected chi connectivity index (χ0v) is 14.9. The lowest BCUT2D eigenvalue weighted by atomic mass is 10.1. The van der Waals surface area contributed by atoms with Crippen LogP contribution in [0, 0.1) is 6.92 Å². The van der Waals surface area contributed by atoms with Crippen LogP contribution in [0.4, 0.5) is 5.69 Å². The van der Waals surface area contributed by atoms with Crippen LogP contribution in [0.25, 0.3) is 5.69 Å². The van der Waals surface area contributed by atoms with Gasteiger partial charge in [-0.1, -0.05) is 12.1 Å². The third-order valence-corrected chi connectivity index (χ3v) is 4.42. The van der Waals surface area contributed by atoms with Crippen LogP contribution in [0.1, 0.15) is 21.5 Å². The van der Waals surface area contributed by atoms with Gasteiger partial charge < -0.3 is 5.32 Å². The van der Waals surface area contributed by atoms with Crippen LogP contribution in [0.5, 0.6) is 0 Å². The standard InChI is InChI=1S/C18H18N4O3S/c1-13-10-20-22(11-13)17-8-4-15(5-9-17)18(23)21-16-6-2-14(3-7-16)12-26(19,24)25/h2-11H,12H2,1H3,(H,21,23)(H2,19,24,25). The van der Waals surface area contributed by atoms with Gasteiger partial charge in [0.2, 0.25) is 10.0 Å². The van der Waals surface area contributed by atoms with E-state index in [9.17, 15) is 13.2 Å². The number of nitrogens with zero attached hydrogens (tertiary/aromatic N) is 2. The van der Waals surface area contributed by atoms with Gasteiger partial charge in [0.1, 0.15) is 0 Å². The fraction of sp³-hybridized carbons (Fsp3) is 0.111. The molecule has 26 heavy (non-hydrogen) atoms. The van der Waals surface area contributed by atoms with Crippen LogP contribution < -0.4 is 10.5 Å². The van der Waals surface area contributed by atoms with Crippen LogP contribution >= 0.6 is 0 Å². The number of anilines is 1. The minimum Gasteiger partial charge on any atom is -0.322 e. The molecule has 0 aliphatic carbocycles. The number of benzene rings is 2. The van der Waals surface area contributed by atoms with E-state index in [1.165, 1.54) is 0 Å². The summed E-state index contributed by atoms with van der Waals surface area (Å²) in [6.45, 7) is 1.96. The fourth-order valence-electron chi connectivity index (χ4n) is 2.44. The predicted molar refractivity (Wildman–Crippen MR) is 99.5 cm³/mol. The number of aromatic nitrogens is 2. The Kier molecular flexibility index (Phi) is 4.88. The quantitative estimate of drug-likeness (QED) is 0.718. The number of rotatable bonds is 5. The molecule has 1 heterocycles. The van der Waals surface area contributed by atoms with E-state index in [1.54, 1.807) is 47.3 Å². The number of hydrogen-bond donors (Lipinski definition) is 2. The molecular weight excluding hydrogens is 352 g/mol. The van der Waals surface area contributed by atoms with Crippen molar-refractivity contribution in [2.45, 2.75) is 12.7 Å². The molecule has 8 heteroatoms. The van der Waals surface area contributed by atoms with Gasteiger partial charge in [0.15, 0.2) is 0 Å². The molecule has 0 spiro atoms. The molecule has 134 valence electrons. The van der Waals surface area contributed by atoms with Crippen molar-refractivity contribution in [3.05, 3.63) is 77.6 Å².